The number of nitrogens with one attached hydrogen (secondary N) is 1. The second kappa shape index (κ2) is 7.35. The van der Waals surface area contributed by atoms with E-state index in [4.69, 9.17) is 9.47 Å². The van der Waals surface area contributed by atoms with Crippen LogP contribution in [-0.4, -0.2) is 24.2 Å². The van der Waals surface area contributed by atoms with Crippen LogP contribution in [0, 0.1) is 6.92 Å². The molecule has 4 rings (SSSR count). The Bertz CT molecular complexity index is 1150. The van der Waals surface area contributed by atoms with Crippen molar-refractivity contribution < 1.29 is 9.47 Å². The Morgan fingerprint density at radius 3 is 2.36 bits per heavy atom. The molecule has 3 aromatic carbocycles. The Kier molecular flexibility index (Phi) is 4.74. The molecule has 0 aliphatic heterocycles. The lowest BCUT2D eigenvalue weighted by atomic mass is 9.99. The summed E-state index contributed by atoms with van der Waals surface area (Å²) in [6, 6.07) is 18.7. The van der Waals surface area contributed by atoms with Crippen LogP contribution in [0.2, 0.25) is 0 Å². The maximum absolute atomic E-state index is 5.47. The van der Waals surface area contributed by atoms with Gasteiger partial charge in [-0.3, -0.25) is 0 Å². The van der Waals surface area contributed by atoms with Crippen LogP contribution in [0.3, 0.4) is 0 Å². The first-order chi connectivity index (χ1) is 13.6. The molecular weight excluding hydrogens is 350 g/mol. The van der Waals surface area contributed by atoms with Gasteiger partial charge in [0.25, 0.3) is 0 Å². The standard InChI is InChI=1S/C23H23N3O2/c1-14(17-11-7-9-16-8-5-6-10-18(16)17)24-23-19-12-21(27-3)22(28-4)13-20(19)25-15(2)26-23/h5-14H,1-4H3,(H,24,25,26)/t14-/m1/s1. The Morgan fingerprint density at radius 2 is 1.57 bits per heavy atom. The molecule has 4 aromatic rings. The number of anilines is 1. The second-order valence-electron chi connectivity index (χ2n) is 6.78. The molecule has 0 amide bonds. The van der Waals surface area contributed by atoms with Crippen molar-refractivity contribution in [3.05, 3.63) is 66.0 Å². The number of ether oxygens (including phenoxy) is 2. The van der Waals surface area contributed by atoms with Crippen LogP contribution >= 0.6 is 0 Å². The van der Waals surface area contributed by atoms with E-state index in [0.717, 1.165) is 16.7 Å². The first-order valence-corrected chi connectivity index (χ1v) is 9.25. The predicted molar refractivity (Wildman–Crippen MR) is 113 cm³/mol. The monoisotopic (exact) mass is 373 g/mol. The lowest BCUT2D eigenvalue weighted by molar-refractivity contribution is 0.356. The van der Waals surface area contributed by atoms with E-state index in [1.165, 1.54) is 16.3 Å². The van der Waals surface area contributed by atoms with Crippen molar-refractivity contribution in [1.29, 1.82) is 0 Å². The van der Waals surface area contributed by atoms with Gasteiger partial charge in [-0.1, -0.05) is 42.5 Å². The number of hydrogen-bond donors (Lipinski definition) is 1. The van der Waals surface area contributed by atoms with Gasteiger partial charge in [0.05, 0.1) is 25.8 Å². The van der Waals surface area contributed by atoms with E-state index in [0.29, 0.717) is 17.3 Å². The van der Waals surface area contributed by atoms with Crippen LogP contribution in [0.1, 0.15) is 24.4 Å². The third kappa shape index (κ3) is 3.20. The molecule has 0 aliphatic carbocycles. The summed E-state index contributed by atoms with van der Waals surface area (Å²) in [6.07, 6.45) is 0. The molecule has 5 heteroatoms. The van der Waals surface area contributed by atoms with Gasteiger partial charge in [0.1, 0.15) is 11.6 Å². The molecule has 0 saturated heterocycles. The quantitative estimate of drug-likeness (QED) is 0.516. The van der Waals surface area contributed by atoms with Gasteiger partial charge in [-0.2, -0.15) is 0 Å². The molecule has 1 atom stereocenters. The number of aryl methyl sites for hydroxylation is 1. The first kappa shape index (κ1) is 18.0. The molecule has 1 aromatic heterocycles. The number of rotatable bonds is 5. The van der Waals surface area contributed by atoms with Crippen molar-refractivity contribution in [2.45, 2.75) is 19.9 Å². The topological polar surface area (TPSA) is 56.3 Å². The van der Waals surface area contributed by atoms with E-state index in [2.05, 4.69) is 64.7 Å². The molecule has 0 bridgehead atoms. The van der Waals surface area contributed by atoms with Crippen LogP contribution < -0.4 is 14.8 Å². The largest absolute Gasteiger partial charge is 0.493 e. The normalized spacial score (nSPS) is 12.1. The van der Waals surface area contributed by atoms with Gasteiger partial charge in [0, 0.05) is 11.5 Å². The summed E-state index contributed by atoms with van der Waals surface area (Å²) in [5.74, 6) is 2.79. The van der Waals surface area contributed by atoms with Gasteiger partial charge in [-0.15, -0.1) is 0 Å². The fraction of sp³-hybridized carbons (Fsp3) is 0.217. The average molecular weight is 373 g/mol. The van der Waals surface area contributed by atoms with E-state index < -0.39 is 0 Å². The maximum Gasteiger partial charge on any atom is 0.162 e. The average Bonchev–Trinajstić information content (AvgIpc) is 2.72. The third-order valence-corrected chi connectivity index (χ3v) is 4.96. The summed E-state index contributed by atoms with van der Waals surface area (Å²) in [4.78, 5) is 9.22. The van der Waals surface area contributed by atoms with Crippen LogP contribution in [0.5, 0.6) is 11.5 Å². The highest BCUT2D eigenvalue weighted by Crippen LogP contribution is 2.35. The zero-order valence-corrected chi connectivity index (χ0v) is 16.5. The van der Waals surface area contributed by atoms with Gasteiger partial charge in [0.15, 0.2) is 11.5 Å². The summed E-state index contributed by atoms with van der Waals surface area (Å²) in [5, 5.41) is 6.94. The van der Waals surface area contributed by atoms with Gasteiger partial charge in [0.2, 0.25) is 0 Å². The Balaban J connectivity index is 1.80. The number of benzene rings is 3. The van der Waals surface area contributed by atoms with E-state index in [9.17, 15) is 0 Å². The van der Waals surface area contributed by atoms with Crippen LogP contribution in [0.25, 0.3) is 21.7 Å². The Labute approximate surface area is 164 Å². The molecule has 0 spiro atoms. The van der Waals surface area contributed by atoms with E-state index in [1.54, 1.807) is 14.2 Å². The van der Waals surface area contributed by atoms with E-state index in [1.807, 2.05) is 19.1 Å². The number of aromatic nitrogens is 2. The summed E-state index contributed by atoms with van der Waals surface area (Å²) in [5.41, 5.74) is 2.04. The minimum Gasteiger partial charge on any atom is -0.493 e. The van der Waals surface area contributed by atoms with Crippen molar-refractivity contribution >= 4 is 27.5 Å². The minimum atomic E-state index is 0.0664. The maximum atomic E-state index is 5.47. The fourth-order valence-corrected chi connectivity index (χ4v) is 3.59. The Morgan fingerprint density at radius 1 is 0.857 bits per heavy atom. The van der Waals surface area contributed by atoms with Crippen molar-refractivity contribution in [2.24, 2.45) is 0 Å². The fourth-order valence-electron chi connectivity index (χ4n) is 3.59. The molecule has 0 radical (unpaired) electrons. The molecule has 0 fully saturated rings. The lowest BCUT2D eigenvalue weighted by Gasteiger charge is -2.19. The van der Waals surface area contributed by atoms with Crippen molar-refractivity contribution in [3.63, 3.8) is 0 Å². The molecule has 0 unspecified atom stereocenters. The predicted octanol–water partition coefficient (Wildman–Crippen LogP) is 5.28. The highest BCUT2D eigenvalue weighted by molar-refractivity contribution is 5.92. The highest BCUT2D eigenvalue weighted by atomic mass is 16.5. The molecule has 142 valence electrons. The van der Waals surface area contributed by atoms with Crippen molar-refractivity contribution in [1.82, 2.24) is 9.97 Å². The van der Waals surface area contributed by atoms with Crippen LogP contribution in [0.4, 0.5) is 5.82 Å². The zero-order valence-electron chi connectivity index (χ0n) is 16.5. The minimum absolute atomic E-state index is 0.0664. The summed E-state index contributed by atoms with van der Waals surface area (Å²) >= 11 is 0. The molecule has 1 N–H and O–H groups in total. The summed E-state index contributed by atoms with van der Waals surface area (Å²) < 4.78 is 10.9. The second-order valence-corrected chi connectivity index (χ2v) is 6.78. The number of nitrogens with zero attached hydrogens (tertiary/aromatic N) is 2. The molecule has 5 nitrogen and oxygen atoms in total. The SMILES string of the molecule is COc1cc2nc(C)nc(N[C@H](C)c3cccc4ccccc34)c2cc1OC. The smallest absolute Gasteiger partial charge is 0.162 e. The van der Waals surface area contributed by atoms with Gasteiger partial charge in [-0.25, -0.2) is 9.97 Å². The summed E-state index contributed by atoms with van der Waals surface area (Å²) in [6.45, 7) is 4.04. The van der Waals surface area contributed by atoms with E-state index in [-0.39, 0.29) is 6.04 Å². The van der Waals surface area contributed by atoms with Crippen LogP contribution in [-0.2, 0) is 0 Å². The van der Waals surface area contributed by atoms with E-state index >= 15 is 0 Å². The number of hydrogen-bond acceptors (Lipinski definition) is 5. The van der Waals surface area contributed by atoms with Crippen molar-refractivity contribution in [2.75, 3.05) is 19.5 Å². The van der Waals surface area contributed by atoms with Gasteiger partial charge in [-0.05, 0) is 36.2 Å². The van der Waals surface area contributed by atoms with Gasteiger partial charge >= 0.3 is 0 Å². The Hall–Kier alpha value is -3.34. The molecular formula is C23H23N3O2. The highest BCUT2D eigenvalue weighted by Gasteiger charge is 2.15. The number of methoxy groups -OCH3 is 2. The molecule has 0 saturated carbocycles. The third-order valence-electron chi connectivity index (χ3n) is 4.96. The summed E-state index contributed by atoms with van der Waals surface area (Å²) in [7, 11) is 3.25. The first-order valence-electron chi connectivity index (χ1n) is 9.25. The van der Waals surface area contributed by atoms with Gasteiger partial charge < -0.3 is 14.8 Å². The molecule has 1 heterocycles. The number of fused-ring (bicyclic) bond motifs is 2. The van der Waals surface area contributed by atoms with Crippen molar-refractivity contribution in [3.8, 4) is 11.5 Å². The zero-order chi connectivity index (χ0) is 19.7. The van der Waals surface area contributed by atoms with Crippen LogP contribution in [0.15, 0.2) is 54.6 Å². The lowest BCUT2D eigenvalue weighted by Crippen LogP contribution is -2.10. The molecule has 0 aliphatic rings. The molecule has 28 heavy (non-hydrogen) atoms.